The zero-order valence-electron chi connectivity index (χ0n) is 12.6. The fourth-order valence-corrected chi connectivity index (χ4v) is 3.22. The Morgan fingerprint density at radius 1 is 1.33 bits per heavy atom. The molecule has 7 heteroatoms. The summed E-state index contributed by atoms with van der Waals surface area (Å²) in [5, 5.41) is 9.67. The first-order valence-electron chi connectivity index (χ1n) is 7.08. The molecule has 5 nitrogen and oxygen atoms in total. The summed E-state index contributed by atoms with van der Waals surface area (Å²) in [6.45, 7) is 0.137. The van der Waals surface area contributed by atoms with Crippen LogP contribution in [0.25, 0.3) is 0 Å². The molecule has 0 saturated heterocycles. The number of carbonyl (C=O) groups is 2. The van der Waals surface area contributed by atoms with E-state index in [2.05, 4.69) is 15.9 Å². The van der Waals surface area contributed by atoms with Gasteiger partial charge >= 0.3 is 5.97 Å². The first kappa shape index (κ1) is 16.4. The Bertz CT molecular complexity index is 839. The maximum Gasteiger partial charge on any atom is 0.331 e. The van der Waals surface area contributed by atoms with E-state index in [1.165, 1.54) is 24.1 Å². The van der Waals surface area contributed by atoms with Crippen LogP contribution in [0.1, 0.15) is 27.5 Å². The SMILES string of the molecule is COc1ccc(F)cc1[C@H](C(=O)O)N1Cc2ccc(Br)cc2C1=O. The van der Waals surface area contributed by atoms with Crippen LogP contribution >= 0.6 is 15.9 Å². The molecule has 0 fully saturated rings. The highest BCUT2D eigenvalue weighted by atomic mass is 79.9. The molecule has 1 aliphatic rings. The van der Waals surface area contributed by atoms with Crippen molar-refractivity contribution in [3.63, 3.8) is 0 Å². The molecule has 1 N–H and O–H groups in total. The van der Waals surface area contributed by atoms with Gasteiger partial charge < -0.3 is 14.7 Å². The molecule has 0 spiro atoms. The number of methoxy groups -OCH3 is 1. The first-order chi connectivity index (χ1) is 11.4. The largest absolute Gasteiger partial charge is 0.496 e. The van der Waals surface area contributed by atoms with E-state index in [0.717, 1.165) is 16.1 Å². The van der Waals surface area contributed by atoms with Gasteiger partial charge in [-0.05, 0) is 35.9 Å². The number of carboxylic acids is 1. The van der Waals surface area contributed by atoms with Crippen LogP contribution in [-0.2, 0) is 11.3 Å². The van der Waals surface area contributed by atoms with E-state index in [4.69, 9.17) is 4.74 Å². The molecule has 1 aliphatic heterocycles. The molecule has 0 aromatic heterocycles. The average Bonchev–Trinajstić information content (AvgIpc) is 2.84. The van der Waals surface area contributed by atoms with E-state index in [0.29, 0.717) is 5.56 Å². The van der Waals surface area contributed by atoms with Crippen LogP contribution in [0.5, 0.6) is 5.75 Å². The van der Waals surface area contributed by atoms with Crippen molar-refractivity contribution < 1.29 is 23.8 Å². The zero-order valence-corrected chi connectivity index (χ0v) is 14.2. The van der Waals surface area contributed by atoms with Gasteiger partial charge in [0.15, 0.2) is 6.04 Å². The number of carboxylic acid groups (broad SMARTS) is 1. The van der Waals surface area contributed by atoms with Crippen LogP contribution in [0.3, 0.4) is 0 Å². The van der Waals surface area contributed by atoms with E-state index in [9.17, 15) is 19.1 Å². The van der Waals surface area contributed by atoms with Crippen LogP contribution in [-0.4, -0.2) is 29.0 Å². The predicted octanol–water partition coefficient (Wildman–Crippen LogP) is 3.38. The van der Waals surface area contributed by atoms with Gasteiger partial charge in [0.1, 0.15) is 11.6 Å². The summed E-state index contributed by atoms with van der Waals surface area (Å²) >= 11 is 3.30. The Kier molecular flexibility index (Phi) is 4.28. The highest BCUT2D eigenvalue weighted by molar-refractivity contribution is 9.10. The molecule has 0 bridgehead atoms. The molecule has 1 heterocycles. The number of benzene rings is 2. The fraction of sp³-hybridized carbons (Fsp3) is 0.176. The highest BCUT2D eigenvalue weighted by Gasteiger charge is 2.39. The molecule has 24 heavy (non-hydrogen) atoms. The lowest BCUT2D eigenvalue weighted by Crippen LogP contribution is -2.34. The normalized spacial score (nSPS) is 14.5. The topological polar surface area (TPSA) is 66.8 Å². The zero-order chi connectivity index (χ0) is 17.4. The molecule has 2 aromatic rings. The number of aliphatic carboxylic acids is 1. The van der Waals surface area contributed by atoms with Crippen LogP contribution in [0.15, 0.2) is 40.9 Å². The molecule has 3 rings (SSSR count). The monoisotopic (exact) mass is 393 g/mol. The Hall–Kier alpha value is -2.41. The van der Waals surface area contributed by atoms with Gasteiger partial charge in [0.25, 0.3) is 5.91 Å². The summed E-state index contributed by atoms with van der Waals surface area (Å²) in [7, 11) is 1.37. The maximum atomic E-state index is 13.6. The average molecular weight is 394 g/mol. The summed E-state index contributed by atoms with van der Waals surface area (Å²) in [6, 6.07) is 7.48. The fourth-order valence-electron chi connectivity index (χ4n) is 2.86. The molecule has 0 unspecified atom stereocenters. The van der Waals surface area contributed by atoms with Crippen molar-refractivity contribution in [1.82, 2.24) is 4.90 Å². The van der Waals surface area contributed by atoms with Crippen LogP contribution in [0.2, 0.25) is 0 Å². The Labute approximate surface area is 145 Å². The number of hydrogen-bond acceptors (Lipinski definition) is 3. The lowest BCUT2D eigenvalue weighted by Gasteiger charge is -2.25. The standard InChI is InChI=1S/C17H13BrFNO4/c1-24-14-5-4-11(19)7-13(14)15(17(22)23)20-8-9-2-3-10(18)6-12(9)16(20)21/h2-7,15H,8H2,1H3,(H,22,23)/t15-/m1/s1. The van der Waals surface area contributed by atoms with Crippen molar-refractivity contribution in [3.05, 3.63) is 63.4 Å². The molecule has 1 atom stereocenters. The van der Waals surface area contributed by atoms with Gasteiger partial charge in [-0.15, -0.1) is 0 Å². The summed E-state index contributed by atoms with van der Waals surface area (Å²) in [6.07, 6.45) is 0. The third-order valence-corrected chi connectivity index (χ3v) is 4.43. The van der Waals surface area contributed by atoms with Crippen LogP contribution in [0, 0.1) is 5.82 Å². The van der Waals surface area contributed by atoms with E-state index >= 15 is 0 Å². The summed E-state index contributed by atoms with van der Waals surface area (Å²) < 4.78 is 19.5. The lowest BCUT2D eigenvalue weighted by atomic mass is 10.0. The van der Waals surface area contributed by atoms with Gasteiger partial charge in [-0.3, -0.25) is 4.79 Å². The Morgan fingerprint density at radius 3 is 2.75 bits per heavy atom. The second-order valence-corrected chi connectivity index (χ2v) is 6.28. The number of hydrogen-bond donors (Lipinski definition) is 1. The van der Waals surface area contributed by atoms with Gasteiger partial charge in [-0.25, -0.2) is 9.18 Å². The van der Waals surface area contributed by atoms with Crippen molar-refractivity contribution in [1.29, 1.82) is 0 Å². The minimum absolute atomic E-state index is 0.102. The number of fused-ring (bicyclic) bond motifs is 1. The van der Waals surface area contributed by atoms with Crippen LogP contribution in [0.4, 0.5) is 4.39 Å². The highest BCUT2D eigenvalue weighted by Crippen LogP contribution is 2.36. The van der Waals surface area contributed by atoms with Crippen molar-refractivity contribution >= 4 is 27.8 Å². The number of carbonyl (C=O) groups excluding carboxylic acids is 1. The maximum absolute atomic E-state index is 13.6. The molecule has 0 saturated carbocycles. The number of nitrogens with zero attached hydrogens (tertiary/aromatic N) is 1. The van der Waals surface area contributed by atoms with Gasteiger partial charge in [0.2, 0.25) is 0 Å². The van der Waals surface area contributed by atoms with E-state index in [1.54, 1.807) is 18.2 Å². The molecule has 0 aliphatic carbocycles. The number of amides is 1. The Morgan fingerprint density at radius 2 is 2.08 bits per heavy atom. The molecular formula is C17H13BrFNO4. The number of halogens is 2. The predicted molar refractivity (Wildman–Crippen MR) is 87.3 cm³/mol. The van der Waals surface area contributed by atoms with Gasteiger partial charge in [-0.1, -0.05) is 22.0 Å². The first-order valence-corrected chi connectivity index (χ1v) is 7.87. The summed E-state index contributed by atoms with van der Waals surface area (Å²) in [5.41, 5.74) is 1.26. The van der Waals surface area contributed by atoms with E-state index < -0.39 is 23.7 Å². The minimum atomic E-state index is -1.34. The van der Waals surface area contributed by atoms with Gasteiger partial charge in [-0.2, -0.15) is 0 Å². The van der Waals surface area contributed by atoms with E-state index in [1.807, 2.05) is 0 Å². The van der Waals surface area contributed by atoms with Gasteiger partial charge in [0.05, 0.1) is 7.11 Å². The lowest BCUT2D eigenvalue weighted by molar-refractivity contribution is -0.142. The van der Waals surface area contributed by atoms with Gasteiger partial charge in [0, 0.05) is 22.1 Å². The molecular weight excluding hydrogens is 381 g/mol. The quantitative estimate of drug-likeness (QED) is 0.864. The molecule has 124 valence electrons. The third kappa shape index (κ3) is 2.75. The smallest absolute Gasteiger partial charge is 0.331 e. The second kappa shape index (κ2) is 6.24. The van der Waals surface area contributed by atoms with Crippen LogP contribution < -0.4 is 4.74 Å². The number of rotatable bonds is 4. The minimum Gasteiger partial charge on any atom is -0.496 e. The molecule has 0 radical (unpaired) electrons. The Balaban J connectivity index is 2.07. The van der Waals surface area contributed by atoms with E-state index in [-0.39, 0.29) is 17.9 Å². The van der Waals surface area contributed by atoms with Crippen molar-refractivity contribution in [2.75, 3.05) is 7.11 Å². The molecule has 2 aromatic carbocycles. The summed E-state index contributed by atoms with van der Waals surface area (Å²) in [5.74, 6) is -2.04. The van der Waals surface area contributed by atoms with Crippen molar-refractivity contribution in [2.45, 2.75) is 12.6 Å². The van der Waals surface area contributed by atoms with Crippen molar-refractivity contribution in [2.24, 2.45) is 0 Å². The second-order valence-electron chi connectivity index (χ2n) is 5.36. The third-order valence-electron chi connectivity index (χ3n) is 3.94. The molecule has 1 amide bonds. The number of ether oxygens (including phenoxy) is 1. The summed E-state index contributed by atoms with van der Waals surface area (Å²) in [4.78, 5) is 25.7. The van der Waals surface area contributed by atoms with Crippen molar-refractivity contribution in [3.8, 4) is 5.75 Å².